The van der Waals surface area contributed by atoms with Gasteiger partial charge in [0.05, 0.1) is 9.26 Å². The van der Waals surface area contributed by atoms with Gasteiger partial charge in [0.25, 0.3) is 5.56 Å². The van der Waals surface area contributed by atoms with Crippen molar-refractivity contribution in [2.75, 3.05) is 7.11 Å². The SMILES string of the molecule is COC1(c2nc(CC(C)C)c(I)c(=O)[nH]2)CCCCC1. The van der Waals surface area contributed by atoms with Gasteiger partial charge in [-0.25, -0.2) is 4.98 Å². The molecule has 4 nitrogen and oxygen atoms in total. The summed E-state index contributed by atoms with van der Waals surface area (Å²) in [5.74, 6) is 1.20. The molecule has 0 unspecified atom stereocenters. The first-order valence-electron chi connectivity index (χ1n) is 7.33. The maximum absolute atomic E-state index is 12.2. The normalized spacial score (nSPS) is 18.4. The van der Waals surface area contributed by atoms with E-state index in [1.807, 2.05) is 0 Å². The van der Waals surface area contributed by atoms with Crippen molar-refractivity contribution < 1.29 is 4.74 Å². The van der Waals surface area contributed by atoms with Crippen molar-refractivity contribution in [3.05, 3.63) is 25.4 Å². The second-order valence-electron chi connectivity index (χ2n) is 6.03. The van der Waals surface area contributed by atoms with Crippen molar-refractivity contribution in [3.63, 3.8) is 0 Å². The highest BCUT2D eigenvalue weighted by Gasteiger charge is 2.36. The van der Waals surface area contributed by atoms with Gasteiger partial charge in [0.15, 0.2) is 0 Å². The van der Waals surface area contributed by atoms with Crippen LogP contribution < -0.4 is 5.56 Å². The van der Waals surface area contributed by atoms with E-state index < -0.39 is 5.60 Å². The highest BCUT2D eigenvalue weighted by molar-refractivity contribution is 14.1. The number of hydrogen-bond acceptors (Lipinski definition) is 3. The molecule has 0 amide bonds. The van der Waals surface area contributed by atoms with Crippen molar-refractivity contribution in [2.45, 2.75) is 58.0 Å². The second-order valence-corrected chi connectivity index (χ2v) is 7.11. The van der Waals surface area contributed by atoms with Crippen molar-refractivity contribution in [3.8, 4) is 0 Å². The van der Waals surface area contributed by atoms with Crippen molar-refractivity contribution in [1.82, 2.24) is 9.97 Å². The van der Waals surface area contributed by atoms with Crippen LogP contribution in [0.15, 0.2) is 4.79 Å². The monoisotopic (exact) mass is 390 g/mol. The Morgan fingerprint density at radius 3 is 2.55 bits per heavy atom. The minimum atomic E-state index is -0.395. The van der Waals surface area contributed by atoms with Crippen molar-refractivity contribution >= 4 is 22.6 Å². The summed E-state index contributed by atoms with van der Waals surface area (Å²) in [4.78, 5) is 19.9. The lowest BCUT2D eigenvalue weighted by Crippen LogP contribution is -2.36. The summed E-state index contributed by atoms with van der Waals surface area (Å²) in [6.45, 7) is 4.29. The predicted molar refractivity (Wildman–Crippen MR) is 87.9 cm³/mol. The van der Waals surface area contributed by atoms with E-state index in [0.29, 0.717) is 9.49 Å². The van der Waals surface area contributed by atoms with E-state index in [-0.39, 0.29) is 5.56 Å². The molecule has 1 aromatic rings. The zero-order chi connectivity index (χ0) is 14.8. The summed E-state index contributed by atoms with van der Waals surface area (Å²) < 4.78 is 6.49. The van der Waals surface area contributed by atoms with Crippen molar-refractivity contribution in [1.29, 1.82) is 0 Å². The van der Waals surface area contributed by atoms with Gasteiger partial charge < -0.3 is 9.72 Å². The maximum Gasteiger partial charge on any atom is 0.264 e. The zero-order valence-electron chi connectivity index (χ0n) is 12.5. The van der Waals surface area contributed by atoms with Gasteiger partial charge in [-0.1, -0.05) is 33.1 Å². The fraction of sp³-hybridized carbons (Fsp3) is 0.733. The van der Waals surface area contributed by atoms with Gasteiger partial charge in [0, 0.05) is 7.11 Å². The maximum atomic E-state index is 12.2. The van der Waals surface area contributed by atoms with Crippen LogP contribution in [0.2, 0.25) is 0 Å². The predicted octanol–water partition coefficient (Wildman–Crippen LogP) is 3.38. The molecule has 1 aliphatic rings. The summed E-state index contributed by atoms with van der Waals surface area (Å²) in [6, 6.07) is 0. The highest BCUT2D eigenvalue weighted by Crippen LogP contribution is 2.38. The van der Waals surface area contributed by atoms with Gasteiger partial charge in [-0.3, -0.25) is 4.79 Å². The molecule has 0 spiro atoms. The number of aromatic amines is 1. The first-order chi connectivity index (χ1) is 9.48. The molecular weight excluding hydrogens is 367 g/mol. The number of hydrogen-bond donors (Lipinski definition) is 1. The van der Waals surface area contributed by atoms with E-state index in [0.717, 1.165) is 43.6 Å². The van der Waals surface area contributed by atoms with Gasteiger partial charge in [0.1, 0.15) is 11.4 Å². The van der Waals surface area contributed by atoms with Crippen molar-refractivity contribution in [2.24, 2.45) is 5.92 Å². The minimum Gasteiger partial charge on any atom is -0.370 e. The Kier molecular flexibility index (Phi) is 5.23. The van der Waals surface area contributed by atoms with Crippen LogP contribution in [-0.4, -0.2) is 17.1 Å². The summed E-state index contributed by atoms with van der Waals surface area (Å²) in [7, 11) is 1.73. The molecular formula is C15H23IN2O2. The number of nitrogens with one attached hydrogen (secondary N) is 1. The summed E-state index contributed by atoms with van der Waals surface area (Å²) >= 11 is 2.10. The van der Waals surface area contributed by atoms with Gasteiger partial charge in [-0.05, 0) is 47.8 Å². The van der Waals surface area contributed by atoms with Crippen LogP contribution in [0.3, 0.4) is 0 Å². The average Bonchev–Trinajstić information content (AvgIpc) is 2.44. The fourth-order valence-electron chi connectivity index (χ4n) is 2.90. The van der Waals surface area contributed by atoms with Crippen LogP contribution in [0.25, 0.3) is 0 Å². The quantitative estimate of drug-likeness (QED) is 0.803. The molecule has 1 saturated carbocycles. The first-order valence-corrected chi connectivity index (χ1v) is 8.41. The number of H-pyrrole nitrogens is 1. The number of rotatable bonds is 4. The molecule has 1 fully saturated rings. The summed E-state index contributed by atoms with van der Waals surface area (Å²) in [5.41, 5.74) is 0.475. The third-order valence-corrected chi connectivity index (χ3v) is 5.13. The number of ether oxygens (including phenoxy) is 1. The summed E-state index contributed by atoms with van der Waals surface area (Å²) in [6.07, 6.45) is 6.20. The topological polar surface area (TPSA) is 55.0 Å². The molecule has 1 heterocycles. The molecule has 112 valence electrons. The fourth-order valence-corrected chi connectivity index (χ4v) is 3.38. The third kappa shape index (κ3) is 3.24. The lowest BCUT2D eigenvalue weighted by atomic mass is 9.84. The van der Waals surface area contributed by atoms with Crippen LogP contribution in [0.4, 0.5) is 0 Å². The second kappa shape index (κ2) is 6.56. The van der Waals surface area contributed by atoms with Gasteiger partial charge in [-0.15, -0.1) is 0 Å². The number of nitrogens with zero attached hydrogens (tertiary/aromatic N) is 1. The van der Waals surface area contributed by atoms with Crippen LogP contribution in [0.1, 0.15) is 57.5 Å². The Morgan fingerprint density at radius 1 is 1.35 bits per heavy atom. The average molecular weight is 390 g/mol. The molecule has 0 atom stereocenters. The van der Waals surface area contributed by atoms with E-state index in [1.54, 1.807) is 7.11 Å². The lowest BCUT2D eigenvalue weighted by molar-refractivity contribution is -0.0518. The number of halogens is 1. The largest absolute Gasteiger partial charge is 0.370 e. The Hall–Kier alpha value is -0.430. The lowest BCUT2D eigenvalue weighted by Gasteiger charge is -2.35. The molecule has 1 N–H and O–H groups in total. The number of aromatic nitrogens is 2. The molecule has 5 heteroatoms. The Balaban J connectivity index is 2.45. The molecule has 1 aliphatic carbocycles. The smallest absolute Gasteiger partial charge is 0.264 e. The van der Waals surface area contributed by atoms with Gasteiger partial charge in [-0.2, -0.15) is 0 Å². The molecule has 0 saturated heterocycles. The Morgan fingerprint density at radius 2 is 2.00 bits per heavy atom. The number of methoxy groups -OCH3 is 1. The first kappa shape index (κ1) is 15.9. The molecule has 20 heavy (non-hydrogen) atoms. The van der Waals surface area contributed by atoms with E-state index in [1.165, 1.54) is 6.42 Å². The zero-order valence-corrected chi connectivity index (χ0v) is 14.6. The summed E-state index contributed by atoms with van der Waals surface area (Å²) in [5, 5.41) is 0. The molecule has 0 bridgehead atoms. The van der Waals surface area contributed by atoms with E-state index in [4.69, 9.17) is 9.72 Å². The third-order valence-electron chi connectivity index (χ3n) is 4.02. The molecule has 0 aromatic carbocycles. The van der Waals surface area contributed by atoms with E-state index >= 15 is 0 Å². The van der Waals surface area contributed by atoms with Crippen LogP contribution in [0.5, 0.6) is 0 Å². The molecule has 0 radical (unpaired) electrons. The Labute approximate surface area is 133 Å². The van der Waals surface area contributed by atoms with Crippen LogP contribution >= 0.6 is 22.6 Å². The minimum absolute atomic E-state index is 0.0340. The van der Waals surface area contributed by atoms with Gasteiger partial charge >= 0.3 is 0 Å². The van der Waals surface area contributed by atoms with E-state index in [2.05, 4.69) is 41.4 Å². The van der Waals surface area contributed by atoms with E-state index in [9.17, 15) is 4.79 Å². The highest BCUT2D eigenvalue weighted by atomic mass is 127. The molecule has 2 rings (SSSR count). The molecule has 1 aromatic heterocycles. The molecule has 0 aliphatic heterocycles. The standard InChI is InChI=1S/C15H23IN2O2/c1-10(2)9-11-12(16)13(19)18-14(17-11)15(20-3)7-5-4-6-8-15/h10H,4-9H2,1-3H3,(H,17,18,19). The van der Waals surface area contributed by atoms with Crippen LogP contribution in [0, 0.1) is 9.49 Å². The van der Waals surface area contributed by atoms with Gasteiger partial charge in [0.2, 0.25) is 0 Å². The van der Waals surface area contributed by atoms with Crippen LogP contribution in [-0.2, 0) is 16.8 Å². The Bertz CT molecular complexity index is 519.